The largest absolute Gasteiger partial charge is 0.480 e. The molecule has 1 N–H and O–H groups in total. The third-order valence-electron chi connectivity index (χ3n) is 3.61. The number of carboxylic acid groups (broad SMARTS) is 1. The number of piperidine rings is 2. The maximum absolute atomic E-state index is 12.1. The maximum Gasteiger partial charge on any atom is 0.410 e. The van der Waals surface area contributed by atoms with Gasteiger partial charge in [0.05, 0.1) is 6.54 Å². The van der Waals surface area contributed by atoms with Crippen molar-refractivity contribution in [2.45, 2.75) is 51.3 Å². The Balaban J connectivity index is 1.98. The van der Waals surface area contributed by atoms with Gasteiger partial charge in [0.25, 0.3) is 0 Å². The fourth-order valence-electron chi connectivity index (χ4n) is 2.83. The topological polar surface area (TPSA) is 70.1 Å². The monoisotopic (exact) mass is 270 g/mol. The molecule has 0 aromatic rings. The number of ether oxygens (including phenoxy) is 1. The number of amides is 1. The number of carbonyl (C=O) groups excluding carboxylic acids is 1. The minimum absolute atomic E-state index is 0.0589. The molecule has 0 saturated carbocycles. The molecule has 0 radical (unpaired) electrons. The Morgan fingerprint density at radius 2 is 1.84 bits per heavy atom. The first-order chi connectivity index (χ1) is 8.76. The highest BCUT2D eigenvalue weighted by Crippen LogP contribution is 2.29. The molecule has 0 spiro atoms. The molecule has 6 heteroatoms. The predicted octanol–water partition coefficient (Wildman–Crippen LogP) is 1.15. The molecular weight excluding hydrogens is 248 g/mol. The van der Waals surface area contributed by atoms with Gasteiger partial charge in [0, 0.05) is 25.2 Å². The molecule has 6 nitrogen and oxygen atoms in total. The van der Waals surface area contributed by atoms with E-state index < -0.39 is 11.6 Å². The molecule has 3 aliphatic rings. The van der Waals surface area contributed by atoms with Gasteiger partial charge in [-0.1, -0.05) is 0 Å². The van der Waals surface area contributed by atoms with E-state index in [1.54, 1.807) is 4.90 Å². The second kappa shape index (κ2) is 5.00. The number of hydrogen-bond donors (Lipinski definition) is 1. The van der Waals surface area contributed by atoms with E-state index >= 15 is 0 Å². The summed E-state index contributed by atoms with van der Waals surface area (Å²) in [5.41, 5.74) is -0.492. The molecule has 3 aliphatic heterocycles. The average molecular weight is 270 g/mol. The number of hydrogen-bond acceptors (Lipinski definition) is 4. The van der Waals surface area contributed by atoms with Crippen molar-refractivity contribution in [1.82, 2.24) is 9.80 Å². The van der Waals surface area contributed by atoms with Crippen LogP contribution >= 0.6 is 0 Å². The maximum atomic E-state index is 12.1. The zero-order valence-electron chi connectivity index (χ0n) is 11.8. The summed E-state index contributed by atoms with van der Waals surface area (Å²) in [5, 5.41) is 8.87. The van der Waals surface area contributed by atoms with Crippen LogP contribution in [-0.4, -0.2) is 64.3 Å². The number of carboxylic acids is 1. The number of nitrogens with zero attached hydrogens (tertiary/aromatic N) is 2. The molecule has 19 heavy (non-hydrogen) atoms. The number of fused-ring (bicyclic) bond motifs is 3. The molecule has 0 aromatic carbocycles. The highest BCUT2D eigenvalue weighted by atomic mass is 16.6. The van der Waals surface area contributed by atoms with E-state index in [1.165, 1.54) is 0 Å². The van der Waals surface area contributed by atoms with Gasteiger partial charge < -0.3 is 14.7 Å². The minimum atomic E-state index is -0.809. The number of rotatable bonds is 2. The number of piperazine rings is 1. The van der Waals surface area contributed by atoms with Crippen molar-refractivity contribution < 1.29 is 19.4 Å². The van der Waals surface area contributed by atoms with Crippen LogP contribution < -0.4 is 0 Å². The van der Waals surface area contributed by atoms with Crippen LogP contribution in [0.2, 0.25) is 0 Å². The Labute approximate surface area is 113 Å². The van der Waals surface area contributed by atoms with Crippen LogP contribution in [0, 0.1) is 0 Å². The Morgan fingerprint density at radius 3 is 2.32 bits per heavy atom. The summed E-state index contributed by atoms with van der Waals surface area (Å²) in [7, 11) is 0. The van der Waals surface area contributed by atoms with Crippen molar-refractivity contribution >= 4 is 12.1 Å². The lowest BCUT2D eigenvalue weighted by Crippen LogP contribution is -2.64. The molecular formula is C13H22N2O4. The second-order valence-corrected chi connectivity index (χ2v) is 6.34. The van der Waals surface area contributed by atoms with Crippen molar-refractivity contribution in [1.29, 1.82) is 0 Å². The van der Waals surface area contributed by atoms with Gasteiger partial charge in [0.1, 0.15) is 5.60 Å². The van der Waals surface area contributed by atoms with E-state index in [4.69, 9.17) is 9.84 Å². The smallest absolute Gasteiger partial charge is 0.410 e. The molecule has 0 aliphatic carbocycles. The first-order valence-electron chi connectivity index (χ1n) is 6.72. The summed E-state index contributed by atoms with van der Waals surface area (Å²) in [6.45, 7) is 6.82. The molecule has 3 heterocycles. The lowest BCUT2D eigenvalue weighted by molar-refractivity contribution is -0.141. The van der Waals surface area contributed by atoms with Gasteiger partial charge in [-0.2, -0.15) is 0 Å². The predicted molar refractivity (Wildman–Crippen MR) is 69.0 cm³/mol. The second-order valence-electron chi connectivity index (χ2n) is 6.34. The molecule has 0 aromatic heterocycles. The van der Waals surface area contributed by atoms with Gasteiger partial charge in [0.15, 0.2) is 0 Å². The van der Waals surface area contributed by atoms with Crippen molar-refractivity contribution in [3.63, 3.8) is 0 Å². The summed E-state index contributed by atoms with van der Waals surface area (Å²) in [4.78, 5) is 26.6. The van der Waals surface area contributed by atoms with Crippen LogP contribution in [0.3, 0.4) is 0 Å². The summed E-state index contributed by atoms with van der Waals surface area (Å²) in [6, 6.07) is 0.229. The van der Waals surface area contributed by atoms with Crippen molar-refractivity contribution in [2.75, 3.05) is 19.6 Å². The molecule has 108 valence electrons. The van der Waals surface area contributed by atoms with Crippen molar-refractivity contribution in [3.8, 4) is 0 Å². The number of aliphatic carboxylic acids is 1. The van der Waals surface area contributed by atoms with Crippen LogP contribution in [0.4, 0.5) is 4.79 Å². The molecule has 2 atom stereocenters. The molecule has 3 rings (SSSR count). The van der Waals surface area contributed by atoms with Crippen LogP contribution in [0.1, 0.15) is 33.6 Å². The summed E-state index contributed by atoms with van der Waals surface area (Å²) in [6.07, 6.45) is 1.61. The van der Waals surface area contributed by atoms with Gasteiger partial charge in [-0.3, -0.25) is 9.69 Å². The number of carbonyl (C=O) groups is 2. The minimum Gasteiger partial charge on any atom is -0.480 e. The third kappa shape index (κ3) is 3.37. The summed E-state index contributed by atoms with van der Waals surface area (Å²) >= 11 is 0. The van der Waals surface area contributed by atoms with Crippen LogP contribution in [0.25, 0.3) is 0 Å². The van der Waals surface area contributed by atoms with Crippen LogP contribution in [-0.2, 0) is 9.53 Å². The van der Waals surface area contributed by atoms with Gasteiger partial charge in [-0.25, -0.2) is 4.79 Å². The standard InChI is InChI=1S/C13H22N2O4/c1-13(2,3)19-12(18)15-7-9-4-5-10(15)6-14(9)8-11(16)17/h9-10H,4-8H2,1-3H3,(H,16,17). The lowest BCUT2D eigenvalue weighted by atomic mass is 9.91. The average Bonchev–Trinajstić information content (AvgIpc) is 2.26. The highest BCUT2D eigenvalue weighted by molar-refractivity contribution is 5.70. The first kappa shape index (κ1) is 14.1. The molecule has 2 bridgehead atoms. The zero-order valence-corrected chi connectivity index (χ0v) is 11.8. The molecule has 3 fully saturated rings. The van der Waals surface area contributed by atoms with E-state index in [9.17, 15) is 9.59 Å². The van der Waals surface area contributed by atoms with E-state index in [-0.39, 0.29) is 24.7 Å². The Hall–Kier alpha value is -1.30. The summed E-state index contributed by atoms with van der Waals surface area (Å²) < 4.78 is 5.40. The zero-order chi connectivity index (χ0) is 14.2. The Bertz CT molecular complexity index is 377. The van der Waals surface area contributed by atoms with E-state index in [0.29, 0.717) is 13.1 Å². The normalized spacial score (nSPS) is 27.4. The lowest BCUT2D eigenvalue weighted by Gasteiger charge is -2.50. The van der Waals surface area contributed by atoms with E-state index in [2.05, 4.69) is 0 Å². The molecule has 1 amide bonds. The van der Waals surface area contributed by atoms with E-state index in [0.717, 1.165) is 12.8 Å². The first-order valence-corrected chi connectivity index (χ1v) is 6.72. The third-order valence-corrected chi connectivity index (χ3v) is 3.61. The van der Waals surface area contributed by atoms with Gasteiger partial charge in [-0.15, -0.1) is 0 Å². The van der Waals surface area contributed by atoms with Crippen LogP contribution in [0.5, 0.6) is 0 Å². The van der Waals surface area contributed by atoms with Gasteiger partial charge in [0.2, 0.25) is 0 Å². The van der Waals surface area contributed by atoms with E-state index in [1.807, 2.05) is 25.7 Å². The quantitative estimate of drug-likeness (QED) is 0.815. The highest BCUT2D eigenvalue weighted by Gasteiger charge is 2.42. The SMILES string of the molecule is CC(C)(C)OC(=O)N1CC2CCC1CN2CC(=O)O. The summed E-state index contributed by atoms with van der Waals surface area (Å²) in [5.74, 6) is -0.809. The van der Waals surface area contributed by atoms with Crippen molar-refractivity contribution in [3.05, 3.63) is 0 Å². The Kier molecular flexibility index (Phi) is 3.71. The van der Waals surface area contributed by atoms with Crippen molar-refractivity contribution in [2.24, 2.45) is 0 Å². The van der Waals surface area contributed by atoms with Gasteiger partial charge in [-0.05, 0) is 33.6 Å². The Morgan fingerprint density at radius 1 is 1.21 bits per heavy atom. The van der Waals surface area contributed by atoms with Crippen LogP contribution in [0.15, 0.2) is 0 Å². The van der Waals surface area contributed by atoms with Gasteiger partial charge >= 0.3 is 12.1 Å². The fraction of sp³-hybridized carbons (Fsp3) is 0.846. The fourth-order valence-corrected chi connectivity index (χ4v) is 2.83. The molecule has 2 unspecified atom stereocenters. The molecule has 3 saturated heterocycles.